The second-order valence-corrected chi connectivity index (χ2v) is 12.2. The first kappa shape index (κ1) is 35.2. The highest BCUT2D eigenvalue weighted by Crippen LogP contribution is 2.23. The van der Waals surface area contributed by atoms with Gasteiger partial charge in [-0.25, -0.2) is 4.79 Å². The monoisotopic (exact) mass is 649 g/mol. The van der Waals surface area contributed by atoms with Crippen LogP contribution in [0.4, 0.5) is 4.79 Å². The molecule has 0 bridgehead atoms. The van der Waals surface area contributed by atoms with Crippen molar-refractivity contribution in [3.63, 3.8) is 0 Å². The van der Waals surface area contributed by atoms with Gasteiger partial charge in [0.2, 0.25) is 23.6 Å². The minimum absolute atomic E-state index is 0.158. The van der Waals surface area contributed by atoms with Crippen molar-refractivity contribution in [1.82, 2.24) is 26.2 Å². The summed E-state index contributed by atoms with van der Waals surface area (Å²) in [6.07, 6.45) is 2.68. The zero-order valence-electron chi connectivity index (χ0n) is 27.5. The Morgan fingerprint density at radius 3 is 2.32 bits per heavy atom. The van der Waals surface area contributed by atoms with Crippen LogP contribution in [0.25, 0.3) is 0 Å². The van der Waals surface area contributed by atoms with Crippen molar-refractivity contribution in [2.24, 2.45) is 5.92 Å². The Morgan fingerprint density at radius 1 is 0.915 bits per heavy atom. The molecular formula is C35H47N5O7. The normalized spacial score (nSPS) is 22.5. The summed E-state index contributed by atoms with van der Waals surface area (Å²) in [5.74, 6) is -1.16. The molecule has 2 aromatic carbocycles. The van der Waals surface area contributed by atoms with Crippen LogP contribution in [0.5, 0.6) is 5.75 Å². The lowest BCUT2D eigenvalue weighted by atomic mass is 9.95. The number of methoxy groups -OCH3 is 1. The molecule has 2 heterocycles. The molecule has 47 heavy (non-hydrogen) atoms. The molecule has 4 N–H and O–H groups in total. The minimum atomic E-state index is -0.996. The molecule has 0 unspecified atom stereocenters. The second-order valence-electron chi connectivity index (χ2n) is 12.2. The Morgan fingerprint density at radius 2 is 1.62 bits per heavy atom. The number of carbonyl (C=O) groups excluding carboxylic acids is 5. The lowest BCUT2D eigenvalue weighted by Gasteiger charge is -2.34. The molecule has 2 aromatic rings. The van der Waals surface area contributed by atoms with Crippen molar-refractivity contribution in [3.8, 4) is 5.75 Å². The van der Waals surface area contributed by atoms with Crippen LogP contribution in [0.2, 0.25) is 0 Å². The van der Waals surface area contributed by atoms with Gasteiger partial charge in [0.1, 0.15) is 36.5 Å². The maximum atomic E-state index is 13.8. The summed E-state index contributed by atoms with van der Waals surface area (Å²) in [4.78, 5) is 68.6. The number of unbranched alkanes of at least 4 members (excludes halogenated alkanes) is 1. The van der Waals surface area contributed by atoms with Crippen LogP contribution in [-0.4, -0.2) is 79.0 Å². The van der Waals surface area contributed by atoms with Gasteiger partial charge in [0.25, 0.3) is 0 Å². The molecule has 0 radical (unpaired) electrons. The molecule has 5 atom stereocenters. The summed E-state index contributed by atoms with van der Waals surface area (Å²) in [5, 5.41) is 11.4. The highest BCUT2D eigenvalue weighted by molar-refractivity contribution is 5.98. The fourth-order valence-corrected chi connectivity index (χ4v) is 5.87. The van der Waals surface area contributed by atoms with Crippen LogP contribution in [0.3, 0.4) is 0 Å². The van der Waals surface area contributed by atoms with Crippen molar-refractivity contribution < 1.29 is 33.4 Å². The van der Waals surface area contributed by atoms with Crippen LogP contribution in [0, 0.1) is 5.92 Å². The van der Waals surface area contributed by atoms with E-state index in [1.807, 2.05) is 56.3 Å². The molecule has 12 heteroatoms. The first-order valence-electron chi connectivity index (χ1n) is 16.5. The van der Waals surface area contributed by atoms with E-state index in [1.54, 1.807) is 24.1 Å². The Balaban J connectivity index is 1.46. The van der Waals surface area contributed by atoms with Gasteiger partial charge < -0.3 is 35.6 Å². The van der Waals surface area contributed by atoms with Crippen molar-refractivity contribution in [1.29, 1.82) is 0 Å². The predicted molar refractivity (Wildman–Crippen MR) is 175 cm³/mol. The smallest absolute Gasteiger partial charge is 0.407 e. The SMILES string of the molecule is CC[C@H](C)[C@@H]1NC(=O)[C@@H](Cc2ccc(OC)cc2)NC(=O)[C@H](CCCCNC(=O)OCc2ccccc2)NC(=O)[C@@H]2CCCN2C1=O. The van der Waals surface area contributed by atoms with E-state index < -0.39 is 42.1 Å². The second kappa shape index (κ2) is 17.3. The molecule has 2 fully saturated rings. The van der Waals surface area contributed by atoms with E-state index in [2.05, 4.69) is 21.3 Å². The number of hydrogen-bond acceptors (Lipinski definition) is 7. The van der Waals surface area contributed by atoms with Crippen LogP contribution in [-0.2, 0) is 36.9 Å². The number of rotatable bonds is 12. The standard InChI is InChI=1S/C35H47N5O7/c1-4-23(2)30-34(44)40-20-10-14-29(40)33(43)37-27(13-8-9-19-36-35(45)47-22-25-11-6-5-7-12-25)31(41)38-28(32(42)39-30)21-24-15-17-26(46-3)18-16-24/h5-7,11-12,15-18,23,27-30H,4,8-10,13-14,19-22H2,1-3H3,(H,36,45)(H,37,43)(H,38,41)(H,39,42)/t23-,27-,28+,29-,30-/m0/s1. The van der Waals surface area contributed by atoms with Gasteiger partial charge in [-0.3, -0.25) is 19.2 Å². The molecular weight excluding hydrogens is 602 g/mol. The molecule has 0 aromatic heterocycles. The highest BCUT2D eigenvalue weighted by atomic mass is 16.5. The topological polar surface area (TPSA) is 155 Å². The number of amides is 5. The number of nitrogens with zero attached hydrogens (tertiary/aromatic N) is 1. The summed E-state index contributed by atoms with van der Waals surface area (Å²) in [7, 11) is 1.56. The molecule has 12 nitrogen and oxygen atoms in total. The number of fused-ring (bicyclic) bond motifs is 1. The van der Waals surface area contributed by atoms with E-state index in [1.165, 1.54) is 0 Å². The van der Waals surface area contributed by atoms with Gasteiger partial charge >= 0.3 is 6.09 Å². The summed E-state index contributed by atoms with van der Waals surface area (Å²) in [6, 6.07) is 13.0. The first-order valence-corrected chi connectivity index (χ1v) is 16.5. The predicted octanol–water partition coefficient (Wildman–Crippen LogP) is 2.84. The van der Waals surface area contributed by atoms with E-state index >= 15 is 0 Å². The Bertz CT molecular complexity index is 1370. The zero-order valence-corrected chi connectivity index (χ0v) is 27.5. The molecule has 2 saturated heterocycles. The van der Waals surface area contributed by atoms with Gasteiger partial charge in [0.05, 0.1) is 7.11 Å². The van der Waals surface area contributed by atoms with E-state index in [-0.39, 0.29) is 37.2 Å². The molecule has 254 valence electrons. The average Bonchev–Trinajstić information content (AvgIpc) is 3.59. The van der Waals surface area contributed by atoms with Crippen molar-refractivity contribution in [2.45, 2.75) is 89.6 Å². The number of ether oxygens (including phenoxy) is 2. The van der Waals surface area contributed by atoms with Crippen molar-refractivity contribution in [2.75, 3.05) is 20.2 Å². The van der Waals surface area contributed by atoms with Crippen LogP contribution in [0.15, 0.2) is 54.6 Å². The third kappa shape index (κ3) is 9.94. The largest absolute Gasteiger partial charge is 0.497 e. The van der Waals surface area contributed by atoms with Gasteiger partial charge in [0.15, 0.2) is 0 Å². The van der Waals surface area contributed by atoms with Gasteiger partial charge in [-0.05, 0) is 61.3 Å². The zero-order chi connectivity index (χ0) is 33.8. The van der Waals surface area contributed by atoms with Gasteiger partial charge in [-0.15, -0.1) is 0 Å². The van der Waals surface area contributed by atoms with E-state index in [0.717, 1.165) is 11.1 Å². The first-order chi connectivity index (χ1) is 22.7. The average molecular weight is 650 g/mol. The summed E-state index contributed by atoms with van der Waals surface area (Å²) in [5.41, 5.74) is 1.67. The molecule has 4 rings (SSSR count). The van der Waals surface area contributed by atoms with E-state index in [0.29, 0.717) is 50.9 Å². The maximum Gasteiger partial charge on any atom is 0.407 e. The molecule has 2 aliphatic rings. The summed E-state index contributed by atoms with van der Waals surface area (Å²) >= 11 is 0. The highest BCUT2D eigenvalue weighted by Gasteiger charge is 2.41. The molecule has 0 spiro atoms. The number of hydrogen-bond donors (Lipinski definition) is 4. The molecule has 5 amide bonds. The maximum absolute atomic E-state index is 13.8. The van der Waals surface area contributed by atoms with Gasteiger partial charge in [0, 0.05) is 19.5 Å². The van der Waals surface area contributed by atoms with Gasteiger partial charge in [-0.1, -0.05) is 62.7 Å². The van der Waals surface area contributed by atoms with Crippen molar-refractivity contribution >= 4 is 29.7 Å². The number of carbonyl (C=O) groups is 5. The molecule has 2 aliphatic heterocycles. The van der Waals surface area contributed by atoms with Crippen molar-refractivity contribution in [3.05, 3.63) is 65.7 Å². The van der Waals surface area contributed by atoms with Gasteiger partial charge in [-0.2, -0.15) is 0 Å². The minimum Gasteiger partial charge on any atom is -0.497 e. The lowest BCUT2D eigenvalue weighted by Crippen LogP contribution is -2.62. The summed E-state index contributed by atoms with van der Waals surface area (Å²) < 4.78 is 10.5. The van der Waals surface area contributed by atoms with Crippen LogP contribution >= 0.6 is 0 Å². The third-order valence-corrected chi connectivity index (χ3v) is 8.88. The fraction of sp³-hybridized carbons (Fsp3) is 0.514. The molecule has 0 aliphatic carbocycles. The third-order valence-electron chi connectivity index (χ3n) is 8.88. The number of alkyl carbamates (subject to hydrolysis) is 1. The van der Waals surface area contributed by atoms with E-state index in [4.69, 9.17) is 9.47 Å². The van der Waals surface area contributed by atoms with Crippen LogP contribution in [0.1, 0.15) is 63.5 Å². The fourth-order valence-electron chi connectivity index (χ4n) is 5.87. The lowest BCUT2D eigenvalue weighted by molar-refractivity contribution is -0.144. The number of nitrogens with one attached hydrogen (secondary N) is 4. The number of benzene rings is 2. The Labute approximate surface area is 276 Å². The quantitative estimate of drug-likeness (QED) is 0.258. The Kier molecular flexibility index (Phi) is 13.0. The molecule has 0 saturated carbocycles. The van der Waals surface area contributed by atoms with Crippen LogP contribution < -0.4 is 26.0 Å². The van der Waals surface area contributed by atoms with E-state index in [9.17, 15) is 24.0 Å². The summed E-state index contributed by atoms with van der Waals surface area (Å²) in [6.45, 7) is 4.72. The Hall–Kier alpha value is -4.61.